The molecule has 2 rings (SSSR count). The summed E-state index contributed by atoms with van der Waals surface area (Å²) in [6, 6.07) is 7.51. The molecule has 0 unspecified atom stereocenters. The van der Waals surface area contributed by atoms with Gasteiger partial charge in [-0.2, -0.15) is 0 Å². The first-order valence-electron chi connectivity index (χ1n) is 6.99. The van der Waals surface area contributed by atoms with Crippen molar-refractivity contribution in [1.82, 2.24) is 4.90 Å². The number of para-hydroxylation sites is 2. The molecule has 1 aromatic carbocycles. The summed E-state index contributed by atoms with van der Waals surface area (Å²) < 4.78 is 5.56. The fourth-order valence-electron chi connectivity index (χ4n) is 2.37. The maximum Gasteiger partial charge on any atom is 0.244 e. The number of ether oxygens (including phenoxy) is 1. The SMILES string of the molecule is CCOc1ccccc1N[C@H](C)C(=O)N1CCCC1. The lowest BCUT2D eigenvalue weighted by molar-refractivity contribution is -0.130. The first-order chi connectivity index (χ1) is 9.22. The number of nitrogens with zero attached hydrogens (tertiary/aromatic N) is 1. The van der Waals surface area contributed by atoms with Gasteiger partial charge in [0.15, 0.2) is 0 Å². The highest BCUT2D eigenvalue weighted by molar-refractivity contribution is 5.85. The van der Waals surface area contributed by atoms with Crippen LogP contribution in [0.2, 0.25) is 0 Å². The summed E-state index contributed by atoms with van der Waals surface area (Å²) in [5.74, 6) is 0.967. The standard InChI is InChI=1S/C15H22N2O2/c1-3-19-14-9-5-4-8-13(14)16-12(2)15(18)17-10-6-7-11-17/h4-5,8-9,12,16H,3,6-7,10-11H2,1-2H3/t12-/m1/s1. The molecule has 1 aromatic rings. The van der Waals surface area contributed by atoms with Crippen molar-refractivity contribution < 1.29 is 9.53 Å². The van der Waals surface area contributed by atoms with E-state index in [1.807, 2.05) is 43.0 Å². The summed E-state index contributed by atoms with van der Waals surface area (Å²) in [7, 11) is 0. The van der Waals surface area contributed by atoms with Gasteiger partial charge in [-0.15, -0.1) is 0 Å². The number of carbonyl (C=O) groups excluding carboxylic acids is 1. The van der Waals surface area contributed by atoms with Gasteiger partial charge in [-0.1, -0.05) is 12.1 Å². The van der Waals surface area contributed by atoms with Crippen LogP contribution in [0.25, 0.3) is 0 Å². The van der Waals surface area contributed by atoms with Gasteiger partial charge < -0.3 is 15.0 Å². The maximum absolute atomic E-state index is 12.2. The molecule has 1 atom stereocenters. The molecule has 1 aliphatic heterocycles. The largest absolute Gasteiger partial charge is 0.492 e. The minimum atomic E-state index is -0.222. The van der Waals surface area contributed by atoms with Gasteiger partial charge in [-0.25, -0.2) is 0 Å². The molecule has 0 spiro atoms. The number of hydrogen-bond acceptors (Lipinski definition) is 3. The quantitative estimate of drug-likeness (QED) is 0.886. The molecule has 1 amide bonds. The van der Waals surface area contributed by atoms with E-state index in [1.165, 1.54) is 0 Å². The predicted molar refractivity (Wildman–Crippen MR) is 76.5 cm³/mol. The van der Waals surface area contributed by atoms with Crippen LogP contribution in [0.15, 0.2) is 24.3 Å². The van der Waals surface area contributed by atoms with E-state index < -0.39 is 0 Å². The number of benzene rings is 1. The maximum atomic E-state index is 12.2. The number of anilines is 1. The molecule has 4 heteroatoms. The molecule has 1 fully saturated rings. The van der Waals surface area contributed by atoms with Crippen molar-refractivity contribution in [3.05, 3.63) is 24.3 Å². The second-order valence-electron chi connectivity index (χ2n) is 4.83. The van der Waals surface area contributed by atoms with Crippen LogP contribution in [-0.4, -0.2) is 36.5 Å². The third-order valence-electron chi connectivity index (χ3n) is 3.35. The number of carbonyl (C=O) groups is 1. The first kappa shape index (κ1) is 13.7. The lowest BCUT2D eigenvalue weighted by Gasteiger charge is -2.22. The van der Waals surface area contributed by atoms with Gasteiger partial charge in [0.1, 0.15) is 11.8 Å². The summed E-state index contributed by atoms with van der Waals surface area (Å²) in [5.41, 5.74) is 0.879. The van der Waals surface area contributed by atoms with Crippen molar-refractivity contribution in [2.24, 2.45) is 0 Å². The fraction of sp³-hybridized carbons (Fsp3) is 0.533. The Kier molecular flexibility index (Phi) is 4.66. The minimum Gasteiger partial charge on any atom is -0.492 e. The molecule has 1 heterocycles. The van der Waals surface area contributed by atoms with Crippen molar-refractivity contribution in [3.63, 3.8) is 0 Å². The lowest BCUT2D eigenvalue weighted by atomic mass is 10.2. The summed E-state index contributed by atoms with van der Waals surface area (Å²) in [6.07, 6.45) is 2.24. The van der Waals surface area contributed by atoms with Crippen molar-refractivity contribution in [2.75, 3.05) is 25.0 Å². The summed E-state index contributed by atoms with van der Waals surface area (Å²) in [4.78, 5) is 14.2. The summed E-state index contributed by atoms with van der Waals surface area (Å²) in [6.45, 7) is 6.25. The second-order valence-corrected chi connectivity index (χ2v) is 4.83. The smallest absolute Gasteiger partial charge is 0.244 e. The van der Waals surface area contributed by atoms with Crippen LogP contribution in [0.5, 0.6) is 5.75 Å². The van der Waals surface area contributed by atoms with E-state index in [0.717, 1.165) is 37.4 Å². The van der Waals surface area contributed by atoms with Crippen molar-refractivity contribution in [2.45, 2.75) is 32.7 Å². The van der Waals surface area contributed by atoms with Crippen LogP contribution in [0.4, 0.5) is 5.69 Å². The van der Waals surface area contributed by atoms with Gasteiger partial charge in [0.05, 0.1) is 12.3 Å². The number of rotatable bonds is 5. The van der Waals surface area contributed by atoms with Crippen LogP contribution < -0.4 is 10.1 Å². The molecule has 0 bridgehead atoms. The van der Waals surface area contributed by atoms with Crippen LogP contribution in [0, 0.1) is 0 Å². The van der Waals surface area contributed by atoms with E-state index in [9.17, 15) is 4.79 Å². The Morgan fingerprint density at radius 1 is 1.37 bits per heavy atom. The van der Waals surface area contributed by atoms with Crippen molar-refractivity contribution >= 4 is 11.6 Å². The zero-order chi connectivity index (χ0) is 13.7. The predicted octanol–water partition coefficient (Wildman–Crippen LogP) is 2.51. The molecule has 104 valence electrons. The lowest BCUT2D eigenvalue weighted by Crippen LogP contribution is -2.39. The molecule has 19 heavy (non-hydrogen) atoms. The average Bonchev–Trinajstić information content (AvgIpc) is 2.94. The van der Waals surface area contributed by atoms with E-state index in [2.05, 4.69) is 5.32 Å². The van der Waals surface area contributed by atoms with Crippen LogP contribution in [0.1, 0.15) is 26.7 Å². The Labute approximate surface area is 114 Å². The van der Waals surface area contributed by atoms with Crippen molar-refractivity contribution in [1.29, 1.82) is 0 Å². The molecule has 0 saturated carbocycles. The number of nitrogens with one attached hydrogen (secondary N) is 1. The zero-order valence-corrected chi connectivity index (χ0v) is 11.7. The third-order valence-corrected chi connectivity index (χ3v) is 3.35. The second kappa shape index (κ2) is 6.45. The Hall–Kier alpha value is -1.71. The van der Waals surface area contributed by atoms with Crippen molar-refractivity contribution in [3.8, 4) is 5.75 Å². The van der Waals surface area contributed by atoms with Gasteiger partial charge in [0.25, 0.3) is 0 Å². The Bertz CT molecular complexity index is 428. The molecule has 1 saturated heterocycles. The van der Waals surface area contributed by atoms with Crippen LogP contribution in [-0.2, 0) is 4.79 Å². The highest BCUT2D eigenvalue weighted by Crippen LogP contribution is 2.24. The van der Waals surface area contributed by atoms with Gasteiger partial charge in [0.2, 0.25) is 5.91 Å². The zero-order valence-electron chi connectivity index (χ0n) is 11.7. The van der Waals surface area contributed by atoms with Gasteiger partial charge >= 0.3 is 0 Å². The van der Waals surface area contributed by atoms with E-state index in [1.54, 1.807) is 0 Å². The molecule has 1 N–H and O–H groups in total. The third kappa shape index (κ3) is 3.40. The summed E-state index contributed by atoms with van der Waals surface area (Å²) >= 11 is 0. The van der Waals surface area contributed by atoms with E-state index in [-0.39, 0.29) is 11.9 Å². The Balaban J connectivity index is 2.01. The number of hydrogen-bond donors (Lipinski definition) is 1. The van der Waals surface area contributed by atoms with Gasteiger partial charge in [-0.3, -0.25) is 4.79 Å². The molecule has 4 nitrogen and oxygen atoms in total. The fourth-order valence-corrected chi connectivity index (χ4v) is 2.37. The van der Waals surface area contributed by atoms with E-state index >= 15 is 0 Å². The van der Waals surface area contributed by atoms with Crippen LogP contribution in [0.3, 0.4) is 0 Å². The molecule has 0 radical (unpaired) electrons. The Morgan fingerprint density at radius 2 is 2.05 bits per heavy atom. The molecule has 0 aliphatic carbocycles. The Morgan fingerprint density at radius 3 is 2.74 bits per heavy atom. The molecular formula is C15H22N2O2. The van der Waals surface area contributed by atoms with E-state index in [0.29, 0.717) is 6.61 Å². The van der Waals surface area contributed by atoms with E-state index in [4.69, 9.17) is 4.74 Å². The molecular weight excluding hydrogens is 240 g/mol. The number of likely N-dealkylation sites (tertiary alicyclic amines) is 1. The van der Waals surface area contributed by atoms with Crippen LogP contribution >= 0.6 is 0 Å². The van der Waals surface area contributed by atoms with Gasteiger partial charge in [0, 0.05) is 13.1 Å². The monoisotopic (exact) mass is 262 g/mol. The highest BCUT2D eigenvalue weighted by Gasteiger charge is 2.23. The first-order valence-corrected chi connectivity index (χ1v) is 6.99. The minimum absolute atomic E-state index is 0.170. The van der Waals surface area contributed by atoms with Gasteiger partial charge in [-0.05, 0) is 38.8 Å². The topological polar surface area (TPSA) is 41.6 Å². The molecule has 1 aliphatic rings. The normalized spacial score (nSPS) is 16.2. The average molecular weight is 262 g/mol. The number of amides is 1. The summed E-state index contributed by atoms with van der Waals surface area (Å²) in [5, 5.41) is 3.26. The highest BCUT2D eigenvalue weighted by atomic mass is 16.5. The molecule has 0 aromatic heterocycles.